The molecular weight excluding hydrogens is 282 g/mol. The minimum atomic E-state index is -3.54. The predicted molar refractivity (Wildman–Crippen MR) is 75.1 cm³/mol. The van der Waals surface area contributed by atoms with E-state index in [2.05, 4.69) is 4.98 Å². The molecule has 0 radical (unpaired) electrons. The first-order valence-corrected chi connectivity index (χ1v) is 8.05. The Kier molecular flexibility index (Phi) is 4.31. The second-order valence-electron chi connectivity index (χ2n) is 4.05. The van der Waals surface area contributed by atoms with Crippen LogP contribution in [0.5, 0.6) is 0 Å². The molecule has 0 bridgehead atoms. The minimum absolute atomic E-state index is 0.194. The van der Waals surface area contributed by atoms with Gasteiger partial charge in [0.2, 0.25) is 10.0 Å². The predicted octanol–water partition coefficient (Wildman–Crippen LogP) is 1.42. The fourth-order valence-electron chi connectivity index (χ4n) is 1.72. The third kappa shape index (κ3) is 3.01. The van der Waals surface area contributed by atoms with Gasteiger partial charge in [-0.25, -0.2) is 13.4 Å². The number of rotatable bonds is 5. The van der Waals surface area contributed by atoms with Crippen LogP contribution in [0.3, 0.4) is 0 Å². The topological polar surface area (TPSA) is 76.3 Å². The summed E-state index contributed by atoms with van der Waals surface area (Å²) in [6.07, 6.45) is 0. The molecule has 102 valence electrons. The van der Waals surface area contributed by atoms with E-state index in [0.29, 0.717) is 5.56 Å². The molecule has 7 heteroatoms. The van der Waals surface area contributed by atoms with Crippen LogP contribution in [0.15, 0.2) is 40.1 Å². The van der Waals surface area contributed by atoms with E-state index in [1.807, 2.05) is 5.38 Å². The maximum absolute atomic E-state index is 12.5. The van der Waals surface area contributed by atoms with E-state index in [-0.39, 0.29) is 18.0 Å². The van der Waals surface area contributed by atoms with Gasteiger partial charge >= 0.3 is 0 Å². The van der Waals surface area contributed by atoms with Gasteiger partial charge in [-0.15, -0.1) is 11.3 Å². The number of thiazole rings is 1. The minimum Gasteiger partial charge on any atom is -0.326 e. The Morgan fingerprint density at radius 2 is 2.11 bits per heavy atom. The molecular formula is C12H15N3O2S2. The van der Waals surface area contributed by atoms with E-state index in [4.69, 9.17) is 5.73 Å². The summed E-state index contributed by atoms with van der Waals surface area (Å²) in [5.41, 5.74) is 8.63. The smallest absolute Gasteiger partial charge is 0.243 e. The summed E-state index contributed by atoms with van der Waals surface area (Å²) in [5.74, 6) is 0. The van der Waals surface area contributed by atoms with Crippen molar-refractivity contribution in [3.8, 4) is 0 Å². The van der Waals surface area contributed by atoms with Crippen LogP contribution in [0.25, 0.3) is 0 Å². The van der Waals surface area contributed by atoms with Gasteiger partial charge in [0.05, 0.1) is 22.6 Å². The number of hydrogen-bond acceptors (Lipinski definition) is 5. The number of nitrogens with zero attached hydrogens (tertiary/aromatic N) is 2. The average Bonchev–Trinajstić information content (AvgIpc) is 2.91. The molecule has 0 aliphatic carbocycles. The highest BCUT2D eigenvalue weighted by molar-refractivity contribution is 7.89. The van der Waals surface area contributed by atoms with Crippen molar-refractivity contribution in [2.75, 3.05) is 7.05 Å². The zero-order valence-corrected chi connectivity index (χ0v) is 12.1. The van der Waals surface area contributed by atoms with Gasteiger partial charge in [-0.1, -0.05) is 18.2 Å². The molecule has 1 aromatic heterocycles. The van der Waals surface area contributed by atoms with E-state index in [1.165, 1.54) is 15.6 Å². The number of sulfonamides is 1. The molecule has 5 nitrogen and oxygen atoms in total. The second-order valence-corrected chi connectivity index (χ2v) is 6.78. The normalized spacial score (nSPS) is 11.9. The lowest BCUT2D eigenvalue weighted by molar-refractivity contribution is 0.462. The number of benzene rings is 1. The molecule has 0 atom stereocenters. The molecule has 0 saturated carbocycles. The Bertz CT molecular complexity index is 639. The van der Waals surface area contributed by atoms with Crippen molar-refractivity contribution in [1.29, 1.82) is 0 Å². The molecule has 0 unspecified atom stereocenters. The largest absolute Gasteiger partial charge is 0.326 e. The Morgan fingerprint density at radius 3 is 2.74 bits per heavy atom. The fourth-order valence-corrected chi connectivity index (χ4v) is 3.64. The zero-order chi connectivity index (χ0) is 13.9. The summed E-state index contributed by atoms with van der Waals surface area (Å²) >= 11 is 1.44. The van der Waals surface area contributed by atoms with E-state index in [9.17, 15) is 8.42 Å². The van der Waals surface area contributed by atoms with Gasteiger partial charge in [0, 0.05) is 19.0 Å². The summed E-state index contributed by atoms with van der Waals surface area (Å²) in [4.78, 5) is 4.35. The molecule has 0 fully saturated rings. The van der Waals surface area contributed by atoms with E-state index >= 15 is 0 Å². The molecule has 0 spiro atoms. The van der Waals surface area contributed by atoms with Crippen LogP contribution in [0, 0.1) is 0 Å². The quantitative estimate of drug-likeness (QED) is 0.905. The van der Waals surface area contributed by atoms with Gasteiger partial charge in [-0.2, -0.15) is 4.31 Å². The maximum Gasteiger partial charge on any atom is 0.243 e. The number of aromatic nitrogens is 1. The lowest BCUT2D eigenvalue weighted by atomic mass is 10.2. The number of nitrogens with two attached hydrogens (primary N) is 1. The van der Waals surface area contributed by atoms with Crippen molar-refractivity contribution in [2.45, 2.75) is 18.0 Å². The van der Waals surface area contributed by atoms with Crippen molar-refractivity contribution < 1.29 is 8.42 Å². The average molecular weight is 297 g/mol. The molecule has 2 N–H and O–H groups in total. The van der Waals surface area contributed by atoms with Crippen LogP contribution < -0.4 is 5.73 Å². The molecule has 2 rings (SSSR count). The molecule has 2 aromatic rings. The molecule has 19 heavy (non-hydrogen) atoms. The highest BCUT2D eigenvalue weighted by Crippen LogP contribution is 2.20. The van der Waals surface area contributed by atoms with Crippen molar-refractivity contribution in [2.24, 2.45) is 5.73 Å². The molecule has 0 amide bonds. The first-order valence-electron chi connectivity index (χ1n) is 5.67. The van der Waals surface area contributed by atoms with Crippen molar-refractivity contribution in [3.05, 3.63) is 46.4 Å². The lowest BCUT2D eigenvalue weighted by Gasteiger charge is -2.18. The fraction of sp³-hybridized carbons (Fsp3) is 0.250. The zero-order valence-electron chi connectivity index (χ0n) is 10.5. The SMILES string of the molecule is CN(Cc1cscn1)S(=O)(=O)c1ccccc1CN. The summed E-state index contributed by atoms with van der Waals surface area (Å²) in [7, 11) is -2.00. The highest BCUT2D eigenvalue weighted by Gasteiger charge is 2.23. The van der Waals surface area contributed by atoms with Gasteiger partial charge in [-0.05, 0) is 11.6 Å². The monoisotopic (exact) mass is 297 g/mol. The van der Waals surface area contributed by atoms with Crippen LogP contribution in [-0.4, -0.2) is 24.8 Å². The van der Waals surface area contributed by atoms with Crippen LogP contribution >= 0.6 is 11.3 Å². The highest BCUT2D eigenvalue weighted by atomic mass is 32.2. The van der Waals surface area contributed by atoms with Crippen molar-refractivity contribution >= 4 is 21.4 Å². The van der Waals surface area contributed by atoms with Gasteiger partial charge in [0.15, 0.2) is 0 Å². The Morgan fingerprint density at radius 1 is 1.37 bits per heavy atom. The Labute approximate surface area is 116 Å². The van der Waals surface area contributed by atoms with Gasteiger partial charge < -0.3 is 5.73 Å². The standard InChI is InChI=1S/C12H15N3O2S2/c1-15(7-11-8-18-9-14-11)19(16,17)12-5-3-2-4-10(12)6-13/h2-5,8-9H,6-7,13H2,1H3. The maximum atomic E-state index is 12.5. The van der Waals surface area contributed by atoms with E-state index < -0.39 is 10.0 Å². The molecule has 1 aromatic carbocycles. The van der Waals surface area contributed by atoms with Crippen molar-refractivity contribution in [3.63, 3.8) is 0 Å². The lowest BCUT2D eigenvalue weighted by Crippen LogP contribution is -2.27. The van der Waals surface area contributed by atoms with E-state index in [1.54, 1.807) is 36.8 Å². The summed E-state index contributed by atoms with van der Waals surface area (Å²) in [5, 5.41) is 1.83. The Balaban J connectivity index is 2.31. The van der Waals surface area contributed by atoms with Gasteiger partial charge in [0.1, 0.15) is 0 Å². The van der Waals surface area contributed by atoms with Crippen LogP contribution in [0.4, 0.5) is 0 Å². The third-order valence-corrected chi connectivity index (χ3v) is 5.29. The summed E-state index contributed by atoms with van der Waals surface area (Å²) in [6, 6.07) is 6.78. The van der Waals surface area contributed by atoms with E-state index in [0.717, 1.165) is 5.69 Å². The Hall–Kier alpha value is -1.28. The summed E-state index contributed by atoms with van der Waals surface area (Å²) in [6.45, 7) is 0.449. The first kappa shape index (κ1) is 14.1. The third-order valence-electron chi connectivity index (χ3n) is 2.75. The summed E-state index contributed by atoms with van der Waals surface area (Å²) < 4.78 is 26.3. The van der Waals surface area contributed by atoms with Crippen LogP contribution in [-0.2, 0) is 23.1 Å². The number of hydrogen-bond donors (Lipinski definition) is 1. The molecule has 1 heterocycles. The van der Waals surface area contributed by atoms with Crippen LogP contribution in [0.1, 0.15) is 11.3 Å². The molecule has 0 aliphatic rings. The first-order chi connectivity index (χ1) is 9.05. The molecule has 0 saturated heterocycles. The second kappa shape index (κ2) is 5.79. The van der Waals surface area contributed by atoms with Crippen molar-refractivity contribution in [1.82, 2.24) is 9.29 Å². The van der Waals surface area contributed by atoms with Gasteiger partial charge in [0.25, 0.3) is 0 Å². The van der Waals surface area contributed by atoms with Gasteiger partial charge in [-0.3, -0.25) is 0 Å². The molecule has 0 aliphatic heterocycles. The van der Waals surface area contributed by atoms with Crippen LogP contribution in [0.2, 0.25) is 0 Å².